The lowest BCUT2D eigenvalue weighted by atomic mass is 9.82. The SMILES string of the molecule is CCCCOc1ccc(-c2ccc(/C=C/c3ccc(C4CCC(OCCCC)CC4)c(F)c3F)cc2)cc1F. The van der Waals surface area contributed by atoms with Crippen molar-refractivity contribution in [2.24, 2.45) is 0 Å². The maximum atomic E-state index is 15.0. The van der Waals surface area contributed by atoms with Crippen molar-refractivity contribution >= 4 is 12.2 Å². The van der Waals surface area contributed by atoms with Gasteiger partial charge in [0.1, 0.15) is 0 Å². The van der Waals surface area contributed by atoms with Crippen molar-refractivity contribution < 1.29 is 22.6 Å². The fourth-order valence-corrected chi connectivity index (χ4v) is 5.05. The van der Waals surface area contributed by atoms with Gasteiger partial charge in [0.25, 0.3) is 0 Å². The summed E-state index contributed by atoms with van der Waals surface area (Å²) in [5, 5.41) is 0. The Bertz CT molecular complexity index is 1230. The van der Waals surface area contributed by atoms with Gasteiger partial charge in [-0.05, 0) is 78.8 Å². The third-order valence-electron chi connectivity index (χ3n) is 7.49. The minimum Gasteiger partial charge on any atom is -0.491 e. The molecule has 3 aromatic carbocycles. The third kappa shape index (κ3) is 7.76. The minimum absolute atomic E-state index is 0.0258. The Labute approximate surface area is 230 Å². The van der Waals surface area contributed by atoms with Crippen molar-refractivity contribution in [2.75, 3.05) is 13.2 Å². The largest absolute Gasteiger partial charge is 0.491 e. The van der Waals surface area contributed by atoms with Crippen LogP contribution in [0.3, 0.4) is 0 Å². The van der Waals surface area contributed by atoms with Crippen LogP contribution in [-0.4, -0.2) is 19.3 Å². The van der Waals surface area contributed by atoms with E-state index in [0.29, 0.717) is 12.2 Å². The van der Waals surface area contributed by atoms with Crippen LogP contribution in [0.15, 0.2) is 54.6 Å². The Hall–Kier alpha value is -3.05. The number of rotatable bonds is 12. The molecule has 1 aliphatic carbocycles. The summed E-state index contributed by atoms with van der Waals surface area (Å²) in [6, 6.07) is 15.9. The van der Waals surface area contributed by atoms with E-state index < -0.39 is 11.6 Å². The molecular weight excluding hydrogens is 497 g/mol. The molecule has 1 saturated carbocycles. The number of hydrogen-bond donors (Lipinski definition) is 0. The summed E-state index contributed by atoms with van der Waals surface area (Å²) in [7, 11) is 0. The van der Waals surface area contributed by atoms with Gasteiger partial charge < -0.3 is 9.47 Å². The van der Waals surface area contributed by atoms with E-state index in [2.05, 4.69) is 13.8 Å². The van der Waals surface area contributed by atoms with Crippen LogP contribution in [0.2, 0.25) is 0 Å². The molecule has 0 N–H and O–H groups in total. The van der Waals surface area contributed by atoms with Crippen LogP contribution in [0.1, 0.15) is 87.8 Å². The van der Waals surface area contributed by atoms with Gasteiger partial charge in [-0.25, -0.2) is 13.2 Å². The second kappa shape index (κ2) is 14.4. The summed E-state index contributed by atoms with van der Waals surface area (Å²) in [4.78, 5) is 0. The maximum absolute atomic E-state index is 15.0. The Morgan fingerprint density at radius 3 is 2.13 bits per heavy atom. The van der Waals surface area contributed by atoms with E-state index in [1.165, 1.54) is 6.07 Å². The van der Waals surface area contributed by atoms with Crippen molar-refractivity contribution in [1.82, 2.24) is 0 Å². The Kier molecular flexibility index (Phi) is 10.7. The minimum atomic E-state index is -0.807. The molecule has 0 saturated heterocycles. The first kappa shape index (κ1) is 28.9. The molecule has 1 aliphatic rings. The lowest BCUT2D eigenvalue weighted by molar-refractivity contribution is 0.0230. The molecule has 4 rings (SSSR count). The monoisotopic (exact) mass is 536 g/mol. The van der Waals surface area contributed by atoms with Crippen molar-refractivity contribution in [2.45, 2.75) is 77.2 Å². The van der Waals surface area contributed by atoms with Gasteiger partial charge in [0, 0.05) is 12.2 Å². The fraction of sp³-hybridized carbons (Fsp3) is 0.412. The number of ether oxygens (including phenoxy) is 2. The van der Waals surface area contributed by atoms with Gasteiger partial charge in [-0.3, -0.25) is 0 Å². The van der Waals surface area contributed by atoms with Gasteiger partial charge in [0.15, 0.2) is 23.2 Å². The Balaban J connectivity index is 1.37. The molecule has 0 atom stereocenters. The van der Waals surface area contributed by atoms with Crippen LogP contribution in [0.4, 0.5) is 13.2 Å². The molecule has 0 aliphatic heterocycles. The quantitative estimate of drug-likeness (QED) is 0.169. The van der Waals surface area contributed by atoms with Crippen LogP contribution in [0.5, 0.6) is 5.75 Å². The first-order valence-electron chi connectivity index (χ1n) is 14.3. The number of unbranched alkanes of at least 4 members (excludes halogenated alkanes) is 2. The molecule has 0 radical (unpaired) electrons. The Morgan fingerprint density at radius 1 is 0.744 bits per heavy atom. The summed E-state index contributed by atoms with van der Waals surface area (Å²) >= 11 is 0. The lowest BCUT2D eigenvalue weighted by Crippen LogP contribution is -2.22. The molecule has 0 bridgehead atoms. The van der Waals surface area contributed by atoms with E-state index >= 15 is 4.39 Å². The van der Waals surface area contributed by atoms with Crippen LogP contribution in [0, 0.1) is 17.5 Å². The average Bonchev–Trinajstić information content (AvgIpc) is 2.96. The summed E-state index contributed by atoms with van der Waals surface area (Å²) < 4.78 is 55.8. The zero-order chi connectivity index (χ0) is 27.6. The van der Waals surface area contributed by atoms with Crippen LogP contribution < -0.4 is 4.74 Å². The van der Waals surface area contributed by atoms with Gasteiger partial charge in [-0.15, -0.1) is 0 Å². The van der Waals surface area contributed by atoms with Gasteiger partial charge >= 0.3 is 0 Å². The fourth-order valence-electron chi connectivity index (χ4n) is 5.05. The molecule has 0 heterocycles. The summed E-state index contributed by atoms with van der Waals surface area (Å²) in [6.07, 6.45) is 11.0. The van der Waals surface area contributed by atoms with E-state index in [-0.39, 0.29) is 29.2 Å². The average molecular weight is 537 g/mol. The molecule has 39 heavy (non-hydrogen) atoms. The zero-order valence-corrected chi connectivity index (χ0v) is 23.0. The van der Waals surface area contributed by atoms with Crippen LogP contribution in [0.25, 0.3) is 23.3 Å². The summed E-state index contributed by atoms with van der Waals surface area (Å²) in [6.45, 7) is 5.47. The Morgan fingerprint density at radius 2 is 1.44 bits per heavy atom. The van der Waals surface area contributed by atoms with Crippen molar-refractivity contribution in [1.29, 1.82) is 0 Å². The highest BCUT2D eigenvalue weighted by molar-refractivity contribution is 5.72. The van der Waals surface area contributed by atoms with Gasteiger partial charge in [-0.2, -0.15) is 0 Å². The number of benzene rings is 3. The predicted molar refractivity (Wildman–Crippen MR) is 153 cm³/mol. The van der Waals surface area contributed by atoms with E-state index in [4.69, 9.17) is 9.47 Å². The van der Waals surface area contributed by atoms with Gasteiger partial charge in [-0.1, -0.05) is 81.3 Å². The first-order chi connectivity index (χ1) is 19.0. The van der Waals surface area contributed by atoms with Crippen LogP contribution >= 0.6 is 0 Å². The molecule has 0 spiro atoms. The van der Waals surface area contributed by atoms with Gasteiger partial charge in [0.05, 0.1) is 12.7 Å². The molecule has 0 aromatic heterocycles. The van der Waals surface area contributed by atoms with E-state index in [1.54, 1.807) is 30.4 Å². The normalized spacial score (nSPS) is 17.6. The molecule has 0 amide bonds. The number of hydrogen-bond acceptors (Lipinski definition) is 2. The van der Waals surface area contributed by atoms with E-state index in [9.17, 15) is 8.78 Å². The molecule has 208 valence electrons. The molecule has 5 heteroatoms. The highest BCUT2D eigenvalue weighted by Gasteiger charge is 2.26. The maximum Gasteiger partial charge on any atom is 0.166 e. The smallest absolute Gasteiger partial charge is 0.166 e. The molecule has 2 nitrogen and oxygen atoms in total. The standard InChI is InChI=1S/C34H39F3O2/c1-3-5-21-38-29-17-13-26(14-18-29)30-19-15-27(33(36)34(30)37)12-9-24-7-10-25(11-8-24)28-16-20-32(31(35)23-28)39-22-6-4-2/h7-12,15-16,19-20,23,26,29H,3-6,13-14,17-18,21-22H2,1-2H3/b12-9+. The second-order valence-electron chi connectivity index (χ2n) is 10.4. The van der Waals surface area contributed by atoms with E-state index in [1.807, 2.05) is 30.3 Å². The summed E-state index contributed by atoms with van der Waals surface area (Å²) in [5.74, 6) is -1.65. The first-order valence-corrected chi connectivity index (χ1v) is 14.3. The second-order valence-corrected chi connectivity index (χ2v) is 10.4. The number of halogens is 3. The topological polar surface area (TPSA) is 18.5 Å². The third-order valence-corrected chi connectivity index (χ3v) is 7.49. The highest BCUT2D eigenvalue weighted by atomic mass is 19.2. The molecule has 1 fully saturated rings. The molecule has 3 aromatic rings. The molecular formula is C34H39F3O2. The molecule has 0 unspecified atom stereocenters. The van der Waals surface area contributed by atoms with Crippen molar-refractivity contribution in [3.8, 4) is 16.9 Å². The van der Waals surface area contributed by atoms with Crippen LogP contribution in [-0.2, 0) is 4.74 Å². The predicted octanol–water partition coefficient (Wildman–Crippen LogP) is 9.96. The van der Waals surface area contributed by atoms with Crippen molar-refractivity contribution in [3.05, 3.63) is 88.7 Å². The van der Waals surface area contributed by atoms with E-state index in [0.717, 1.165) is 74.7 Å². The zero-order valence-electron chi connectivity index (χ0n) is 23.0. The van der Waals surface area contributed by atoms with Gasteiger partial charge in [0.2, 0.25) is 0 Å². The lowest BCUT2D eigenvalue weighted by Gasteiger charge is -2.29. The van der Waals surface area contributed by atoms with Crippen molar-refractivity contribution in [3.63, 3.8) is 0 Å². The summed E-state index contributed by atoms with van der Waals surface area (Å²) in [5.41, 5.74) is 3.13. The highest BCUT2D eigenvalue weighted by Crippen LogP contribution is 2.36.